The number of imidazole rings is 1. The molecular formula is C31H31FN6O3S. The molecule has 1 fully saturated rings. The number of halogens is 1. The maximum absolute atomic E-state index is 15.6. The fourth-order valence-corrected chi connectivity index (χ4v) is 6.72. The molecule has 0 spiro atoms. The standard InChI is InChI=1S/C31H31FN6O3S/c1-36-12-8-22(9-13-36)41-21-6-4-19(5-7-21)20-15-23-24(25(32)16-20)17-38(30(23)40)28(29(39)35-31-33-10-14-42-31)27-26-3-2-11-37(26)18-34-27/h4-7,10,14-16,18,22,28H,2-3,8-9,11-13,17H2,1H3,(H,33,35,39). The van der Waals surface area contributed by atoms with E-state index in [1.54, 1.807) is 24.0 Å². The molecule has 42 heavy (non-hydrogen) atoms. The molecule has 4 aromatic rings. The maximum Gasteiger partial charge on any atom is 0.255 e. The molecule has 1 saturated heterocycles. The molecule has 2 amide bonds. The van der Waals surface area contributed by atoms with Gasteiger partial charge in [-0.15, -0.1) is 11.3 Å². The Morgan fingerprint density at radius 1 is 1.12 bits per heavy atom. The fourth-order valence-electron chi connectivity index (χ4n) is 6.19. The van der Waals surface area contributed by atoms with Crippen LogP contribution in [0.4, 0.5) is 9.52 Å². The van der Waals surface area contributed by atoms with E-state index in [0.717, 1.165) is 62.3 Å². The van der Waals surface area contributed by atoms with Crippen LogP contribution in [0.3, 0.4) is 0 Å². The molecule has 7 rings (SSSR count). The van der Waals surface area contributed by atoms with E-state index < -0.39 is 23.7 Å². The van der Waals surface area contributed by atoms with E-state index in [4.69, 9.17) is 4.74 Å². The smallest absolute Gasteiger partial charge is 0.255 e. The van der Waals surface area contributed by atoms with Crippen molar-refractivity contribution in [3.8, 4) is 16.9 Å². The zero-order valence-electron chi connectivity index (χ0n) is 23.3. The second-order valence-electron chi connectivity index (χ2n) is 11.2. The summed E-state index contributed by atoms with van der Waals surface area (Å²) in [6, 6.07) is 9.74. The fraction of sp³-hybridized carbons (Fsp3) is 0.355. The van der Waals surface area contributed by atoms with E-state index in [9.17, 15) is 9.59 Å². The second-order valence-corrected chi connectivity index (χ2v) is 12.1. The summed E-state index contributed by atoms with van der Waals surface area (Å²) in [5.41, 5.74) is 3.39. The maximum atomic E-state index is 15.6. The highest BCUT2D eigenvalue weighted by atomic mass is 32.1. The van der Waals surface area contributed by atoms with Crippen LogP contribution in [-0.4, -0.2) is 62.4 Å². The van der Waals surface area contributed by atoms with Crippen LogP contribution in [0.2, 0.25) is 0 Å². The van der Waals surface area contributed by atoms with Crippen molar-refractivity contribution in [3.05, 3.63) is 82.6 Å². The third-order valence-corrected chi connectivity index (χ3v) is 9.13. The molecule has 1 unspecified atom stereocenters. The molecule has 2 aromatic heterocycles. The average Bonchev–Trinajstić information content (AvgIpc) is 3.79. The number of likely N-dealkylation sites (tertiary alicyclic amines) is 1. The molecule has 0 bridgehead atoms. The third-order valence-electron chi connectivity index (χ3n) is 8.44. The lowest BCUT2D eigenvalue weighted by Gasteiger charge is -2.29. The van der Waals surface area contributed by atoms with Gasteiger partial charge in [0.2, 0.25) is 0 Å². The minimum atomic E-state index is -1.01. The summed E-state index contributed by atoms with van der Waals surface area (Å²) in [6.07, 6.45) is 7.18. The first-order chi connectivity index (χ1) is 20.4. The molecule has 3 aliphatic rings. The van der Waals surface area contributed by atoms with E-state index in [2.05, 4.69) is 27.2 Å². The quantitative estimate of drug-likeness (QED) is 0.331. The summed E-state index contributed by atoms with van der Waals surface area (Å²) in [7, 11) is 2.12. The number of aromatic nitrogens is 3. The second kappa shape index (κ2) is 11.0. The van der Waals surface area contributed by atoms with E-state index in [1.807, 2.05) is 28.8 Å². The Hall–Kier alpha value is -4.09. The van der Waals surface area contributed by atoms with Gasteiger partial charge >= 0.3 is 0 Å². The van der Waals surface area contributed by atoms with Gasteiger partial charge in [-0.1, -0.05) is 12.1 Å². The van der Waals surface area contributed by atoms with Crippen LogP contribution in [0.25, 0.3) is 11.1 Å². The summed E-state index contributed by atoms with van der Waals surface area (Å²) in [6.45, 7) is 2.82. The van der Waals surface area contributed by atoms with Crippen molar-refractivity contribution in [2.45, 2.75) is 50.9 Å². The van der Waals surface area contributed by atoms with E-state index in [0.29, 0.717) is 16.4 Å². The Morgan fingerprint density at radius 2 is 1.93 bits per heavy atom. The first kappa shape index (κ1) is 26.8. The highest BCUT2D eigenvalue weighted by molar-refractivity contribution is 7.13. The van der Waals surface area contributed by atoms with Crippen molar-refractivity contribution >= 4 is 28.3 Å². The number of benzene rings is 2. The Morgan fingerprint density at radius 3 is 2.69 bits per heavy atom. The number of hydrogen-bond donors (Lipinski definition) is 1. The van der Waals surface area contributed by atoms with Gasteiger partial charge in [0.25, 0.3) is 11.8 Å². The number of fused-ring (bicyclic) bond motifs is 2. The number of amides is 2. The molecule has 11 heteroatoms. The largest absolute Gasteiger partial charge is 0.490 e. The Kier molecular flexibility index (Phi) is 6.99. The number of carbonyl (C=O) groups excluding carboxylic acids is 2. The molecule has 1 atom stereocenters. The predicted octanol–water partition coefficient (Wildman–Crippen LogP) is 4.90. The van der Waals surface area contributed by atoms with E-state index >= 15 is 4.39 Å². The van der Waals surface area contributed by atoms with Crippen LogP contribution in [0.5, 0.6) is 5.75 Å². The normalized spacial score (nSPS) is 17.8. The molecule has 1 N–H and O–H groups in total. The van der Waals surface area contributed by atoms with Crippen LogP contribution in [0, 0.1) is 5.82 Å². The van der Waals surface area contributed by atoms with Gasteiger partial charge in [-0.3, -0.25) is 14.9 Å². The summed E-state index contributed by atoms with van der Waals surface area (Å²) >= 11 is 1.29. The molecule has 0 saturated carbocycles. The number of aryl methyl sites for hydroxylation is 1. The lowest BCUT2D eigenvalue weighted by Crippen LogP contribution is -2.38. The molecule has 216 valence electrons. The van der Waals surface area contributed by atoms with Gasteiger partial charge in [0.15, 0.2) is 11.2 Å². The van der Waals surface area contributed by atoms with Crippen LogP contribution in [0.1, 0.15) is 52.6 Å². The average molecular weight is 587 g/mol. The van der Waals surface area contributed by atoms with Crippen LogP contribution in [0.15, 0.2) is 54.3 Å². The van der Waals surface area contributed by atoms with Crippen molar-refractivity contribution in [3.63, 3.8) is 0 Å². The predicted molar refractivity (Wildman–Crippen MR) is 157 cm³/mol. The van der Waals surface area contributed by atoms with Crippen molar-refractivity contribution in [2.24, 2.45) is 0 Å². The zero-order valence-corrected chi connectivity index (χ0v) is 24.1. The number of thiazole rings is 1. The number of rotatable bonds is 7. The Labute approximate surface area is 246 Å². The number of nitrogens with zero attached hydrogens (tertiary/aromatic N) is 5. The van der Waals surface area contributed by atoms with Crippen LogP contribution >= 0.6 is 11.3 Å². The van der Waals surface area contributed by atoms with Gasteiger partial charge in [0.1, 0.15) is 17.7 Å². The number of nitrogens with one attached hydrogen (secondary N) is 1. The molecule has 5 heterocycles. The molecular weight excluding hydrogens is 555 g/mol. The molecule has 9 nitrogen and oxygen atoms in total. The summed E-state index contributed by atoms with van der Waals surface area (Å²) < 4.78 is 23.8. The van der Waals surface area contributed by atoms with Gasteiger partial charge in [-0.25, -0.2) is 14.4 Å². The SMILES string of the molecule is CN1CCC(Oc2ccc(-c3cc(F)c4c(c3)C(=O)N(C(C(=O)Nc3nccs3)c3ncn5c3CCC5)C4)cc2)CC1. The summed E-state index contributed by atoms with van der Waals surface area (Å²) in [4.78, 5) is 40.0. The molecule has 0 radical (unpaired) electrons. The first-order valence-corrected chi connectivity index (χ1v) is 15.2. The minimum Gasteiger partial charge on any atom is -0.490 e. The van der Waals surface area contributed by atoms with Crippen molar-refractivity contribution < 1.29 is 18.7 Å². The highest BCUT2D eigenvalue weighted by Gasteiger charge is 2.42. The number of hydrogen-bond acceptors (Lipinski definition) is 7. The van der Waals surface area contributed by atoms with Gasteiger partial charge in [0.05, 0.1) is 18.6 Å². The molecule has 2 aromatic carbocycles. The molecule has 0 aliphatic carbocycles. The Balaban J connectivity index is 1.16. The van der Waals surface area contributed by atoms with Gasteiger partial charge in [-0.05, 0) is 68.1 Å². The zero-order chi connectivity index (χ0) is 28.8. The molecule has 3 aliphatic heterocycles. The van der Waals surface area contributed by atoms with Gasteiger partial charge in [0, 0.05) is 48.0 Å². The minimum absolute atomic E-state index is 0.0219. The number of anilines is 1. The highest BCUT2D eigenvalue weighted by Crippen LogP contribution is 2.38. The van der Waals surface area contributed by atoms with Gasteiger partial charge < -0.3 is 19.1 Å². The van der Waals surface area contributed by atoms with Crippen molar-refractivity contribution in [1.82, 2.24) is 24.3 Å². The van der Waals surface area contributed by atoms with E-state index in [-0.39, 0.29) is 23.8 Å². The van der Waals surface area contributed by atoms with Crippen molar-refractivity contribution in [2.75, 3.05) is 25.5 Å². The monoisotopic (exact) mass is 586 g/mol. The van der Waals surface area contributed by atoms with E-state index in [1.165, 1.54) is 22.3 Å². The topological polar surface area (TPSA) is 92.6 Å². The number of ether oxygens (including phenoxy) is 1. The third kappa shape index (κ3) is 4.96. The number of piperidine rings is 1. The summed E-state index contributed by atoms with van der Waals surface area (Å²) in [5.74, 6) is -0.509. The van der Waals surface area contributed by atoms with Gasteiger partial charge in [-0.2, -0.15) is 0 Å². The first-order valence-electron chi connectivity index (χ1n) is 14.3. The Bertz CT molecular complexity index is 1630. The summed E-state index contributed by atoms with van der Waals surface area (Å²) in [5, 5.41) is 5.03. The van der Waals surface area contributed by atoms with Crippen LogP contribution < -0.4 is 10.1 Å². The van der Waals surface area contributed by atoms with Crippen LogP contribution in [-0.2, 0) is 24.3 Å². The van der Waals surface area contributed by atoms with Crippen molar-refractivity contribution in [1.29, 1.82) is 0 Å². The number of carbonyl (C=O) groups is 2. The lowest BCUT2D eigenvalue weighted by molar-refractivity contribution is -0.121. The lowest BCUT2D eigenvalue weighted by atomic mass is 9.99.